The monoisotopic (exact) mass is 346 g/mol. The van der Waals surface area contributed by atoms with Crippen LogP contribution in [0.1, 0.15) is 12.5 Å². The summed E-state index contributed by atoms with van der Waals surface area (Å²) >= 11 is 0. The van der Waals surface area contributed by atoms with Gasteiger partial charge in [0.1, 0.15) is 0 Å². The Hall–Kier alpha value is -1.31. The number of sulfonamides is 1. The third kappa shape index (κ3) is 4.59. The normalized spacial score (nSPS) is 16.0. The molecule has 1 saturated heterocycles. The van der Waals surface area contributed by atoms with E-state index in [0.717, 1.165) is 25.2 Å². The summed E-state index contributed by atoms with van der Waals surface area (Å²) in [5.74, 6) is 0. The molecule has 1 heterocycles. The molecule has 124 valence electrons. The average molecular weight is 347 g/mol. The smallest absolute Gasteiger partial charge is 0.331 e. The van der Waals surface area contributed by atoms with E-state index in [1.165, 1.54) is 17.0 Å². The predicted molar refractivity (Wildman–Crippen MR) is 80.6 cm³/mol. The molecule has 0 radical (unpaired) electrons. The fourth-order valence-corrected chi connectivity index (χ4v) is 3.19. The number of urea groups is 1. The molecule has 0 unspecified atom stereocenters. The minimum Gasteiger partial charge on any atom is -1.00 e. The maximum atomic E-state index is 12.1. The number of aryl methyl sites for hydroxylation is 1. The molecule has 1 aromatic carbocycles. The molecule has 6 nitrogen and oxygen atoms in total. The van der Waals surface area contributed by atoms with Crippen LogP contribution in [0.5, 0.6) is 0 Å². The highest BCUT2D eigenvalue weighted by molar-refractivity contribution is 7.90. The quantitative estimate of drug-likeness (QED) is 0.689. The van der Waals surface area contributed by atoms with E-state index >= 15 is 0 Å². The fourth-order valence-electron chi connectivity index (χ4n) is 2.22. The lowest BCUT2D eigenvalue weighted by Gasteiger charge is -2.33. The van der Waals surface area contributed by atoms with E-state index in [2.05, 4.69) is 16.5 Å². The SMILES string of the molecule is CCN1CCN(C(=O)NS(=O)(=O)c2ccc(C)cc2)CC1.[Cl-]. The number of likely N-dealkylation sites (N-methyl/N-ethyl adjacent to an activating group) is 1. The van der Waals surface area contributed by atoms with Gasteiger partial charge in [-0.15, -0.1) is 0 Å². The van der Waals surface area contributed by atoms with Gasteiger partial charge in [0.2, 0.25) is 0 Å². The van der Waals surface area contributed by atoms with Crippen LogP contribution in [0.3, 0.4) is 0 Å². The van der Waals surface area contributed by atoms with Crippen molar-refractivity contribution in [1.29, 1.82) is 0 Å². The zero-order valence-electron chi connectivity index (χ0n) is 12.8. The molecule has 0 atom stereocenters. The number of carbonyl (C=O) groups is 1. The fraction of sp³-hybridized carbons (Fsp3) is 0.500. The highest BCUT2D eigenvalue weighted by Crippen LogP contribution is 2.11. The van der Waals surface area contributed by atoms with Gasteiger partial charge in [0, 0.05) is 26.2 Å². The second kappa shape index (κ2) is 7.80. The van der Waals surface area contributed by atoms with Crippen LogP contribution in [0.2, 0.25) is 0 Å². The van der Waals surface area contributed by atoms with Crippen LogP contribution < -0.4 is 17.1 Å². The Morgan fingerprint density at radius 1 is 1.14 bits per heavy atom. The largest absolute Gasteiger partial charge is 1.00 e. The Morgan fingerprint density at radius 3 is 2.18 bits per heavy atom. The van der Waals surface area contributed by atoms with Crippen LogP contribution in [0.4, 0.5) is 4.79 Å². The van der Waals surface area contributed by atoms with Gasteiger partial charge in [-0.2, -0.15) is 0 Å². The molecule has 1 aliphatic heterocycles. The van der Waals surface area contributed by atoms with Crippen molar-refractivity contribution in [2.45, 2.75) is 18.7 Å². The molecule has 0 aromatic heterocycles. The first-order chi connectivity index (χ1) is 9.92. The van der Waals surface area contributed by atoms with Gasteiger partial charge in [0.25, 0.3) is 10.0 Å². The maximum Gasteiger partial charge on any atom is 0.331 e. The van der Waals surface area contributed by atoms with Crippen molar-refractivity contribution in [3.8, 4) is 0 Å². The lowest BCUT2D eigenvalue weighted by atomic mass is 10.2. The number of benzene rings is 1. The lowest BCUT2D eigenvalue weighted by molar-refractivity contribution is -0.0000110. The Bertz CT molecular complexity index is 596. The molecule has 8 heteroatoms. The van der Waals surface area contributed by atoms with Crippen LogP contribution in [-0.2, 0) is 10.0 Å². The summed E-state index contributed by atoms with van der Waals surface area (Å²) in [4.78, 5) is 15.9. The van der Waals surface area contributed by atoms with E-state index < -0.39 is 16.1 Å². The van der Waals surface area contributed by atoms with Crippen molar-refractivity contribution in [3.05, 3.63) is 29.8 Å². The number of hydrogen-bond acceptors (Lipinski definition) is 4. The third-order valence-corrected chi connectivity index (χ3v) is 5.00. The number of piperazine rings is 1. The molecule has 1 N–H and O–H groups in total. The van der Waals surface area contributed by atoms with Crippen LogP contribution in [0, 0.1) is 6.92 Å². The minimum atomic E-state index is -3.80. The predicted octanol–water partition coefficient (Wildman–Crippen LogP) is -1.97. The van der Waals surface area contributed by atoms with Gasteiger partial charge in [-0.3, -0.25) is 0 Å². The molecule has 0 spiro atoms. The van der Waals surface area contributed by atoms with Gasteiger partial charge in [-0.25, -0.2) is 17.9 Å². The zero-order valence-corrected chi connectivity index (χ0v) is 14.3. The Morgan fingerprint density at radius 2 is 1.68 bits per heavy atom. The van der Waals surface area contributed by atoms with Crippen LogP contribution in [-0.4, -0.2) is 57.0 Å². The van der Waals surface area contributed by atoms with E-state index in [9.17, 15) is 13.2 Å². The molecular formula is C14H21ClN3O3S-. The Balaban J connectivity index is 0.00000242. The van der Waals surface area contributed by atoms with Gasteiger partial charge in [0.05, 0.1) is 4.90 Å². The lowest BCUT2D eigenvalue weighted by Crippen LogP contribution is -3.00. The first-order valence-electron chi connectivity index (χ1n) is 7.03. The molecule has 22 heavy (non-hydrogen) atoms. The molecule has 1 fully saturated rings. The summed E-state index contributed by atoms with van der Waals surface area (Å²) in [6.07, 6.45) is 0. The average Bonchev–Trinajstić information content (AvgIpc) is 2.47. The van der Waals surface area contributed by atoms with Gasteiger partial charge in [0.15, 0.2) is 0 Å². The zero-order chi connectivity index (χ0) is 15.5. The number of nitrogens with zero attached hydrogens (tertiary/aromatic N) is 2. The van der Waals surface area contributed by atoms with Crippen molar-refractivity contribution in [2.75, 3.05) is 32.7 Å². The Labute approximate surface area is 137 Å². The summed E-state index contributed by atoms with van der Waals surface area (Å²) in [5, 5.41) is 0. The Kier molecular flexibility index (Phi) is 6.65. The van der Waals surface area contributed by atoms with Gasteiger partial charge in [-0.05, 0) is 25.6 Å². The van der Waals surface area contributed by atoms with E-state index in [1.54, 1.807) is 12.1 Å². The van der Waals surface area contributed by atoms with Crippen molar-refractivity contribution in [1.82, 2.24) is 14.5 Å². The number of amides is 2. The van der Waals surface area contributed by atoms with Gasteiger partial charge >= 0.3 is 6.03 Å². The van der Waals surface area contributed by atoms with Crippen molar-refractivity contribution >= 4 is 16.1 Å². The van der Waals surface area contributed by atoms with Crippen LogP contribution >= 0.6 is 0 Å². The molecular weight excluding hydrogens is 326 g/mol. The second-order valence-electron chi connectivity index (χ2n) is 5.15. The summed E-state index contributed by atoms with van der Waals surface area (Å²) in [5.41, 5.74) is 0.968. The number of carbonyl (C=O) groups excluding carboxylic acids is 1. The van der Waals surface area contributed by atoms with Crippen molar-refractivity contribution in [2.24, 2.45) is 0 Å². The summed E-state index contributed by atoms with van der Waals surface area (Å²) in [6, 6.07) is 5.87. The van der Waals surface area contributed by atoms with Crippen molar-refractivity contribution < 1.29 is 25.6 Å². The number of hydrogen-bond donors (Lipinski definition) is 1. The highest BCUT2D eigenvalue weighted by atomic mass is 35.5. The standard InChI is InChI=1S/C14H21N3O3S.ClH/c1-3-16-8-10-17(11-9-16)14(18)15-21(19,20)13-6-4-12(2)5-7-13;/h4-7H,3,8-11H2,1-2H3,(H,15,18);1H/p-1. The van der Waals surface area contributed by atoms with Crippen molar-refractivity contribution in [3.63, 3.8) is 0 Å². The summed E-state index contributed by atoms with van der Waals surface area (Å²) in [7, 11) is -3.80. The number of rotatable bonds is 3. The highest BCUT2D eigenvalue weighted by Gasteiger charge is 2.24. The first kappa shape index (κ1) is 18.7. The third-order valence-electron chi connectivity index (χ3n) is 3.66. The van der Waals surface area contributed by atoms with Gasteiger partial charge < -0.3 is 22.2 Å². The summed E-state index contributed by atoms with van der Waals surface area (Å²) < 4.78 is 26.4. The maximum absolute atomic E-state index is 12.1. The van der Waals surface area contributed by atoms with Crippen LogP contribution in [0.25, 0.3) is 0 Å². The summed E-state index contributed by atoms with van der Waals surface area (Å²) in [6.45, 7) is 7.52. The molecule has 2 amide bonds. The van der Waals surface area contributed by atoms with E-state index in [1.807, 2.05) is 6.92 Å². The van der Waals surface area contributed by atoms with E-state index in [0.29, 0.717) is 13.1 Å². The number of halogens is 1. The van der Waals surface area contributed by atoms with E-state index in [4.69, 9.17) is 0 Å². The molecule has 2 rings (SSSR count). The molecule has 1 aliphatic rings. The molecule has 1 aromatic rings. The van der Waals surface area contributed by atoms with Gasteiger partial charge in [-0.1, -0.05) is 24.6 Å². The minimum absolute atomic E-state index is 0. The van der Waals surface area contributed by atoms with Crippen LogP contribution in [0.15, 0.2) is 29.2 Å². The van der Waals surface area contributed by atoms with E-state index in [-0.39, 0.29) is 17.3 Å². The topological polar surface area (TPSA) is 69.7 Å². The molecule has 0 saturated carbocycles. The second-order valence-corrected chi connectivity index (χ2v) is 6.83. The molecule has 0 bridgehead atoms. The first-order valence-corrected chi connectivity index (χ1v) is 8.51. The molecule has 0 aliphatic carbocycles. The number of nitrogens with one attached hydrogen (secondary N) is 1.